The molecule has 0 spiro atoms. The highest BCUT2D eigenvalue weighted by atomic mass is 79.9. The minimum Gasteiger partial charge on any atom is -0.507 e. The third-order valence-electron chi connectivity index (χ3n) is 10.8. The Balaban J connectivity index is 0.906. The lowest BCUT2D eigenvalue weighted by Gasteiger charge is -2.24. The average molecular weight is 1210 g/mol. The summed E-state index contributed by atoms with van der Waals surface area (Å²) >= 11 is 17.7. The normalized spacial score (nSPS) is 13.4. The molecule has 66 heavy (non-hydrogen) atoms. The SMILES string of the molecule is CC(OC(=O)NCNC(=O)OC(C)c1c(Br)cc(Br)c(Nc2ccc(O)c3c2C(=O)c2ccccc2C3=O)c1Br)c1cc(Nc2ccc(O)c3c2C(=O)c2ccccc2C3=O)c(Br)cc1Br. The number of aromatic hydroxyl groups is 2. The lowest BCUT2D eigenvalue weighted by Crippen LogP contribution is -2.38. The first-order chi connectivity index (χ1) is 31.5. The second-order valence-electron chi connectivity index (χ2n) is 14.8. The van der Waals surface area contributed by atoms with Crippen molar-refractivity contribution in [1.29, 1.82) is 0 Å². The van der Waals surface area contributed by atoms with Gasteiger partial charge in [0.05, 0.1) is 56.1 Å². The Hall–Kier alpha value is -5.86. The van der Waals surface area contributed by atoms with E-state index in [1.807, 2.05) is 0 Å². The number of carbonyl (C=O) groups excluding carboxylic acids is 6. The van der Waals surface area contributed by atoms with Crippen LogP contribution in [0, 0.1) is 0 Å². The predicted molar refractivity (Wildman–Crippen MR) is 262 cm³/mol. The Morgan fingerprint density at radius 3 is 1.47 bits per heavy atom. The second-order valence-corrected chi connectivity index (χ2v) is 19.1. The molecule has 6 N–H and O–H groups in total. The van der Waals surface area contributed by atoms with Crippen LogP contribution in [0.15, 0.2) is 113 Å². The maximum absolute atomic E-state index is 13.7. The molecule has 0 saturated carbocycles. The number of phenols is 2. The summed E-state index contributed by atoms with van der Waals surface area (Å²) in [6, 6.07) is 23.6. The Bertz CT molecular complexity index is 3120. The number of hydrogen-bond acceptors (Lipinski definition) is 12. The van der Waals surface area contributed by atoms with E-state index in [0.29, 0.717) is 44.9 Å². The van der Waals surface area contributed by atoms with Crippen molar-refractivity contribution in [2.24, 2.45) is 0 Å². The molecule has 0 fully saturated rings. The fourth-order valence-electron chi connectivity index (χ4n) is 7.68. The van der Waals surface area contributed by atoms with Crippen molar-refractivity contribution in [2.45, 2.75) is 26.1 Å². The van der Waals surface area contributed by atoms with Crippen molar-refractivity contribution in [3.05, 3.63) is 169 Å². The number of carbonyl (C=O) groups is 6. The van der Waals surface area contributed by atoms with Crippen LogP contribution in [-0.4, -0.2) is 52.2 Å². The van der Waals surface area contributed by atoms with E-state index in [4.69, 9.17) is 9.47 Å². The summed E-state index contributed by atoms with van der Waals surface area (Å²) in [6.45, 7) is 2.88. The Morgan fingerprint density at radius 1 is 0.530 bits per heavy atom. The van der Waals surface area contributed by atoms with Crippen LogP contribution in [0.3, 0.4) is 0 Å². The van der Waals surface area contributed by atoms with Gasteiger partial charge in [-0.15, -0.1) is 0 Å². The molecular weight excluding hydrogens is 1180 g/mol. The van der Waals surface area contributed by atoms with Gasteiger partial charge in [0.2, 0.25) is 0 Å². The highest BCUT2D eigenvalue weighted by molar-refractivity contribution is 9.12. The fraction of sp³-hybridized carbons (Fsp3) is 0.106. The smallest absolute Gasteiger partial charge is 0.409 e. The van der Waals surface area contributed by atoms with Gasteiger partial charge >= 0.3 is 12.2 Å². The molecule has 6 aromatic carbocycles. The van der Waals surface area contributed by atoms with Gasteiger partial charge in [-0.1, -0.05) is 80.4 Å². The monoisotopic (exact) mass is 1210 g/mol. The summed E-state index contributed by atoms with van der Waals surface area (Å²) in [5.41, 5.74) is 3.04. The van der Waals surface area contributed by atoms with Gasteiger partial charge in [0.1, 0.15) is 23.7 Å². The van der Waals surface area contributed by atoms with Crippen molar-refractivity contribution in [3.63, 3.8) is 0 Å². The van der Waals surface area contributed by atoms with Crippen LogP contribution in [0.25, 0.3) is 0 Å². The van der Waals surface area contributed by atoms with E-state index < -0.39 is 47.5 Å². The Kier molecular flexibility index (Phi) is 13.3. The van der Waals surface area contributed by atoms with Crippen LogP contribution in [-0.2, 0) is 9.47 Å². The number of ether oxygens (including phenoxy) is 2. The van der Waals surface area contributed by atoms with Crippen molar-refractivity contribution in [3.8, 4) is 11.5 Å². The second kappa shape index (κ2) is 18.8. The maximum atomic E-state index is 13.7. The molecule has 0 heterocycles. The topological polar surface area (TPSA) is 209 Å². The van der Waals surface area contributed by atoms with E-state index in [1.165, 1.54) is 36.4 Å². The van der Waals surface area contributed by atoms with Gasteiger partial charge in [-0.25, -0.2) is 9.59 Å². The predicted octanol–water partition coefficient (Wildman–Crippen LogP) is 12.2. The van der Waals surface area contributed by atoms with Crippen LogP contribution in [0.2, 0.25) is 0 Å². The van der Waals surface area contributed by atoms with E-state index in [9.17, 15) is 39.0 Å². The molecule has 14 nitrogen and oxygen atoms in total. The molecule has 2 unspecified atom stereocenters. The first-order valence-electron chi connectivity index (χ1n) is 19.6. The molecule has 8 rings (SSSR count). The van der Waals surface area contributed by atoms with Crippen LogP contribution < -0.4 is 21.3 Å². The number of amides is 2. The molecule has 2 atom stereocenters. The summed E-state index contributed by atoms with van der Waals surface area (Å²) in [4.78, 5) is 80.1. The molecule has 334 valence electrons. The van der Waals surface area contributed by atoms with Crippen molar-refractivity contribution < 1.29 is 48.5 Å². The van der Waals surface area contributed by atoms with Gasteiger partial charge in [0.25, 0.3) is 0 Å². The van der Waals surface area contributed by atoms with Crippen LogP contribution in [0.5, 0.6) is 11.5 Å². The number of fused-ring (bicyclic) bond motifs is 4. The molecule has 2 aliphatic carbocycles. The number of halogens is 5. The fourth-order valence-corrected chi connectivity index (χ4v) is 12.1. The summed E-state index contributed by atoms with van der Waals surface area (Å²) in [5, 5.41) is 32.7. The van der Waals surface area contributed by atoms with E-state index in [0.717, 1.165) is 0 Å². The molecule has 0 aromatic heterocycles. The molecule has 2 aliphatic rings. The third kappa shape index (κ3) is 8.65. The molecule has 2 amide bonds. The van der Waals surface area contributed by atoms with E-state index in [-0.39, 0.29) is 74.1 Å². The van der Waals surface area contributed by atoms with Gasteiger partial charge in [-0.2, -0.15) is 0 Å². The first-order valence-corrected chi connectivity index (χ1v) is 23.6. The number of rotatable bonds is 10. The van der Waals surface area contributed by atoms with E-state index in [2.05, 4.69) is 101 Å². The number of anilines is 4. The Morgan fingerprint density at radius 2 is 0.970 bits per heavy atom. The maximum Gasteiger partial charge on any atom is 0.409 e. The summed E-state index contributed by atoms with van der Waals surface area (Å²) in [6.07, 6.45) is -3.49. The largest absolute Gasteiger partial charge is 0.507 e. The lowest BCUT2D eigenvalue weighted by molar-refractivity contribution is 0.0977. The van der Waals surface area contributed by atoms with Crippen LogP contribution in [0.1, 0.15) is 101 Å². The first kappa shape index (κ1) is 46.7. The Labute approximate surface area is 417 Å². The zero-order valence-corrected chi connectivity index (χ0v) is 42.0. The molecule has 0 aliphatic heterocycles. The summed E-state index contributed by atoms with van der Waals surface area (Å²) < 4.78 is 13.9. The van der Waals surface area contributed by atoms with Gasteiger partial charge < -0.3 is 41.0 Å². The van der Waals surface area contributed by atoms with Gasteiger partial charge in [0.15, 0.2) is 23.1 Å². The van der Waals surface area contributed by atoms with E-state index in [1.54, 1.807) is 68.4 Å². The van der Waals surface area contributed by atoms with Crippen LogP contribution >= 0.6 is 79.6 Å². The van der Waals surface area contributed by atoms with Crippen LogP contribution in [0.4, 0.5) is 32.3 Å². The zero-order chi connectivity index (χ0) is 47.3. The quantitative estimate of drug-likeness (QED) is 0.0558. The lowest BCUT2D eigenvalue weighted by atomic mass is 9.82. The van der Waals surface area contributed by atoms with Gasteiger partial charge in [0, 0.05) is 51.3 Å². The molecular formula is C47H31Br5N4O10. The highest BCUT2D eigenvalue weighted by Gasteiger charge is 2.36. The molecule has 0 saturated heterocycles. The number of hydrogen-bond donors (Lipinski definition) is 6. The third-order valence-corrected chi connectivity index (χ3v) is 14.3. The summed E-state index contributed by atoms with van der Waals surface area (Å²) in [5.74, 6) is -2.49. The number of ketones is 4. The van der Waals surface area contributed by atoms with Crippen molar-refractivity contribution in [1.82, 2.24) is 10.6 Å². The van der Waals surface area contributed by atoms with E-state index >= 15 is 0 Å². The van der Waals surface area contributed by atoms with Crippen molar-refractivity contribution in [2.75, 3.05) is 17.3 Å². The van der Waals surface area contributed by atoms with Gasteiger partial charge in [-0.05, 0) is 104 Å². The molecule has 19 heteroatoms. The molecule has 6 aromatic rings. The zero-order valence-electron chi connectivity index (χ0n) is 34.1. The highest BCUT2D eigenvalue weighted by Crippen LogP contribution is 2.46. The minimum atomic E-state index is -0.891. The average Bonchev–Trinajstić information content (AvgIpc) is 3.27. The summed E-state index contributed by atoms with van der Waals surface area (Å²) in [7, 11) is 0. The number of phenolic OH excluding ortho intramolecular Hbond substituents is 2. The number of nitrogens with one attached hydrogen (secondary N) is 4. The number of alkyl carbamates (subject to hydrolysis) is 2. The standard InChI is InChI=1S/C47H31Br5N4O10/c1-19(25-15-32(27(49)16-26(25)48)55-30-11-13-33(57)38-36(30)42(59)21-7-3-5-9-23(21)44(38)61)65-46(63)53-18-54-47(64)66-20(2)35-28(50)17-29(51)41(40(35)52)56-31-12-14-34(58)39-37(31)43(60)22-8-4-6-10-24(22)45(39)62/h3-17,19-20,55-58H,18H2,1-2H3,(H,53,63)(H,54,64). The number of benzene rings is 6. The van der Waals surface area contributed by atoms with Gasteiger partial charge in [-0.3, -0.25) is 19.2 Å². The molecule has 0 radical (unpaired) electrons. The molecule has 0 bridgehead atoms. The minimum absolute atomic E-state index is 0.00581. The van der Waals surface area contributed by atoms with Crippen molar-refractivity contribution >= 4 is 138 Å².